The Hall–Kier alpha value is -0.800. The molecular weight excluding hydrogens is 229 g/mol. The van der Waals surface area contributed by atoms with E-state index in [1.165, 1.54) is 19.6 Å². The van der Waals surface area contributed by atoms with Crippen LogP contribution >= 0.6 is 12.4 Å². The molecule has 1 aliphatic rings. The average Bonchev–Trinajstić information content (AvgIpc) is 2.15. The van der Waals surface area contributed by atoms with Crippen molar-refractivity contribution in [2.24, 2.45) is 11.7 Å². The van der Waals surface area contributed by atoms with Gasteiger partial charge < -0.3 is 10.5 Å². The molecule has 0 unspecified atom stereocenters. The van der Waals surface area contributed by atoms with Crippen LogP contribution < -0.4 is 10.5 Å². The van der Waals surface area contributed by atoms with Gasteiger partial charge in [0.1, 0.15) is 0 Å². The summed E-state index contributed by atoms with van der Waals surface area (Å²) in [5, 5.41) is 0. The monoisotopic (exact) mass is 245 g/mol. The van der Waals surface area contributed by atoms with E-state index >= 15 is 0 Å². The molecule has 0 bridgehead atoms. The van der Waals surface area contributed by atoms with Gasteiger partial charge in [0.2, 0.25) is 0 Å². The minimum absolute atomic E-state index is 0. The second-order valence-corrected chi connectivity index (χ2v) is 4.11. The molecule has 0 saturated heterocycles. The molecule has 2 N–H and O–H groups in total. The number of nitrogens with two attached hydrogens (primary N) is 1. The van der Waals surface area contributed by atoms with E-state index in [2.05, 4.69) is 0 Å². The van der Waals surface area contributed by atoms with Gasteiger partial charge in [0.25, 0.3) is 0 Å². The molecular formula is C12H17ClFNO. The fourth-order valence-electron chi connectivity index (χ4n) is 1.96. The molecule has 4 heteroatoms. The first-order valence-electron chi connectivity index (χ1n) is 5.31. The van der Waals surface area contributed by atoms with Crippen molar-refractivity contribution in [1.82, 2.24) is 0 Å². The summed E-state index contributed by atoms with van der Waals surface area (Å²) < 4.78 is 18.3. The van der Waals surface area contributed by atoms with Gasteiger partial charge in [-0.05, 0) is 36.5 Å². The lowest BCUT2D eigenvalue weighted by Crippen LogP contribution is -2.26. The maximum absolute atomic E-state index is 13.4. The normalized spacial score (nSPS) is 17.2. The quantitative estimate of drug-likeness (QED) is 0.888. The van der Waals surface area contributed by atoms with E-state index in [0.29, 0.717) is 5.92 Å². The van der Waals surface area contributed by atoms with Gasteiger partial charge in [-0.15, -0.1) is 12.4 Å². The summed E-state index contributed by atoms with van der Waals surface area (Å²) in [6, 6.07) is 4.95. The number of methoxy groups -OCH3 is 1. The van der Waals surface area contributed by atoms with Gasteiger partial charge in [0.05, 0.1) is 7.11 Å². The Morgan fingerprint density at radius 2 is 2.12 bits per heavy atom. The standard InChI is InChI=1S/C12H16FNO.ClH/c1-15-11-6-5-9(7-10(11)13)12(14)8-3-2-4-8;/h5-8,12H,2-4,14H2,1H3;1H/t12-;/m0./s1. The summed E-state index contributed by atoms with van der Waals surface area (Å²) in [7, 11) is 1.46. The fraction of sp³-hybridized carbons (Fsp3) is 0.500. The topological polar surface area (TPSA) is 35.2 Å². The van der Waals surface area contributed by atoms with Crippen molar-refractivity contribution < 1.29 is 9.13 Å². The van der Waals surface area contributed by atoms with E-state index in [1.807, 2.05) is 6.07 Å². The van der Waals surface area contributed by atoms with E-state index < -0.39 is 0 Å². The molecule has 1 aliphatic carbocycles. The van der Waals surface area contributed by atoms with Gasteiger partial charge in [-0.1, -0.05) is 12.5 Å². The van der Waals surface area contributed by atoms with Crippen LogP contribution in [0.15, 0.2) is 18.2 Å². The number of ether oxygens (including phenoxy) is 1. The van der Waals surface area contributed by atoms with Crippen molar-refractivity contribution in [2.75, 3.05) is 7.11 Å². The van der Waals surface area contributed by atoms with Crippen LogP contribution in [0.5, 0.6) is 5.75 Å². The predicted molar refractivity (Wildman–Crippen MR) is 64.5 cm³/mol. The molecule has 0 amide bonds. The zero-order chi connectivity index (χ0) is 10.8. The highest BCUT2D eigenvalue weighted by atomic mass is 35.5. The molecule has 0 aromatic heterocycles. The van der Waals surface area contributed by atoms with Crippen LogP contribution in [0.4, 0.5) is 4.39 Å². The molecule has 0 spiro atoms. The highest BCUT2D eigenvalue weighted by Gasteiger charge is 2.25. The molecule has 0 aliphatic heterocycles. The molecule has 0 heterocycles. The van der Waals surface area contributed by atoms with Crippen LogP contribution in [0.3, 0.4) is 0 Å². The average molecular weight is 246 g/mol. The van der Waals surface area contributed by atoms with E-state index in [9.17, 15) is 4.39 Å². The summed E-state index contributed by atoms with van der Waals surface area (Å²) in [6.07, 6.45) is 3.57. The van der Waals surface area contributed by atoms with E-state index in [4.69, 9.17) is 10.5 Å². The summed E-state index contributed by atoms with van der Waals surface area (Å²) in [5.74, 6) is 0.474. The highest BCUT2D eigenvalue weighted by molar-refractivity contribution is 5.85. The zero-order valence-corrected chi connectivity index (χ0v) is 10.1. The van der Waals surface area contributed by atoms with Crippen molar-refractivity contribution >= 4 is 12.4 Å². The molecule has 1 fully saturated rings. The maximum atomic E-state index is 13.4. The molecule has 1 aromatic carbocycles. The van der Waals surface area contributed by atoms with E-state index in [-0.39, 0.29) is 30.0 Å². The lowest BCUT2D eigenvalue weighted by Gasteiger charge is -2.31. The molecule has 2 rings (SSSR count). The van der Waals surface area contributed by atoms with E-state index in [0.717, 1.165) is 18.4 Å². The Bertz CT molecular complexity index is 355. The first kappa shape index (κ1) is 13.3. The van der Waals surface area contributed by atoms with Crippen LogP contribution in [-0.2, 0) is 0 Å². The first-order chi connectivity index (χ1) is 7.22. The van der Waals surface area contributed by atoms with Crippen LogP contribution in [0.25, 0.3) is 0 Å². The third-order valence-electron chi connectivity index (χ3n) is 3.22. The minimum Gasteiger partial charge on any atom is -0.494 e. The Balaban J connectivity index is 0.00000128. The lowest BCUT2D eigenvalue weighted by atomic mass is 9.77. The van der Waals surface area contributed by atoms with Crippen LogP contribution in [0, 0.1) is 11.7 Å². The summed E-state index contributed by atoms with van der Waals surface area (Å²) in [4.78, 5) is 0. The van der Waals surface area contributed by atoms with Crippen molar-refractivity contribution in [3.63, 3.8) is 0 Å². The van der Waals surface area contributed by atoms with Crippen molar-refractivity contribution in [3.8, 4) is 5.75 Å². The third-order valence-corrected chi connectivity index (χ3v) is 3.22. The molecule has 2 nitrogen and oxygen atoms in total. The molecule has 16 heavy (non-hydrogen) atoms. The molecule has 90 valence electrons. The summed E-state index contributed by atoms with van der Waals surface area (Å²) >= 11 is 0. The highest BCUT2D eigenvalue weighted by Crippen LogP contribution is 2.36. The van der Waals surface area contributed by atoms with Crippen LogP contribution in [0.2, 0.25) is 0 Å². The number of halogens is 2. The SMILES string of the molecule is COc1ccc([C@@H](N)C2CCC2)cc1F.Cl. The third kappa shape index (κ3) is 2.47. The maximum Gasteiger partial charge on any atom is 0.165 e. The molecule has 0 radical (unpaired) electrons. The van der Waals surface area contributed by atoms with Crippen LogP contribution in [0.1, 0.15) is 30.9 Å². The number of hydrogen-bond donors (Lipinski definition) is 1. The first-order valence-corrected chi connectivity index (χ1v) is 5.31. The fourth-order valence-corrected chi connectivity index (χ4v) is 1.96. The van der Waals surface area contributed by atoms with Gasteiger partial charge in [0.15, 0.2) is 11.6 Å². The van der Waals surface area contributed by atoms with Crippen molar-refractivity contribution in [1.29, 1.82) is 0 Å². The van der Waals surface area contributed by atoms with Gasteiger partial charge in [-0.2, -0.15) is 0 Å². The summed E-state index contributed by atoms with van der Waals surface area (Å²) in [6.45, 7) is 0. The van der Waals surface area contributed by atoms with Gasteiger partial charge >= 0.3 is 0 Å². The van der Waals surface area contributed by atoms with Crippen LogP contribution in [-0.4, -0.2) is 7.11 Å². The lowest BCUT2D eigenvalue weighted by molar-refractivity contribution is 0.263. The van der Waals surface area contributed by atoms with E-state index in [1.54, 1.807) is 6.07 Å². The van der Waals surface area contributed by atoms with Gasteiger partial charge in [0, 0.05) is 6.04 Å². The number of rotatable bonds is 3. The Morgan fingerprint density at radius 3 is 2.56 bits per heavy atom. The Morgan fingerprint density at radius 1 is 1.44 bits per heavy atom. The second-order valence-electron chi connectivity index (χ2n) is 4.11. The molecule has 1 saturated carbocycles. The largest absolute Gasteiger partial charge is 0.494 e. The Kier molecular flexibility index (Phi) is 4.56. The smallest absolute Gasteiger partial charge is 0.165 e. The summed E-state index contributed by atoms with van der Waals surface area (Å²) in [5.41, 5.74) is 6.93. The zero-order valence-electron chi connectivity index (χ0n) is 9.28. The van der Waals surface area contributed by atoms with Gasteiger partial charge in [-0.25, -0.2) is 4.39 Å². The predicted octanol–water partition coefficient (Wildman–Crippen LogP) is 3.06. The molecule has 1 atom stereocenters. The van der Waals surface area contributed by atoms with Gasteiger partial charge in [-0.3, -0.25) is 0 Å². The van der Waals surface area contributed by atoms with Crippen molar-refractivity contribution in [2.45, 2.75) is 25.3 Å². The second kappa shape index (κ2) is 5.51. The van der Waals surface area contributed by atoms with Crippen molar-refractivity contribution in [3.05, 3.63) is 29.6 Å². The number of hydrogen-bond acceptors (Lipinski definition) is 2. The molecule has 1 aromatic rings. The Labute approximate surface area is 101 Å². The minimum atomic E-state index is -0.329. The number of benzene rings is 1.